The van der Waals surface area contributed by atoms with Gasteiger partial charge in [0.15, 0.2) is 0 Å². The van der Waals surface area contributed by atoms with Crippen LogP contribution in [0.5, 0.6) is 5.75 Å². The molecule has 4 rings (SSSR count). The number of para-hydroxylation sites is 1. The number of H-pyrrole nitrogens is 1. The quantitative estimate of drug-likeness (QED) is 0.636. The lowest BCUT2D eigenvalue weighted by molar-refractivity contribution is -0.142. The molecule has 2 unspecified atom stereocenters. The minimum atomic E-state index is -1.06. The van der Waals surface area contributed by atoms with Crippen molar-refractivity contribution in [3.8, 4) is 5.75 Å². The summed E-state index contributed by atoms with van der Waals surface area (Å²) in [5.74, 6) is -1.18. The SMILES string of the molecule is Cc1cc2c(cc1C)C(C(=O)NC(Cc1c[nH]c3ccccc13)C(=O)O)CO2. The monoisotopic (exact) mass is 378 g/mol. The van der Waals surface area contributed by atoms with Gasteiger partial charge in [-0.25, -0.2) is 4.79 Å². The average molecular weight is 378 g/mol. The number of fused-ring (bicyclic) bond motifs is 2. The number of nitrogens with one attached hydrogen (secondary N) is 2. The van der Waals surface area contributed by atoms with Gasteiger partial charge in [-0.05, 0) is 42.7 Å². The van der Waals surface area contributed by atoms with Crippen molar-refractivity contribution in [1.82, 2.24) is 10.3 Å². The van der Waals surface area contributed by atoms with E-state index in [2.05, 4.69) is 10.3 Å². The van der Waals surface area contributed by atoms with Crippen LogP contribution < -0.4 is 10.1 Å². The van der Waals surface area contributed by atoms with Crippen molar-refractivity contribution in [3.63, 3.8) is 0 Å². The summed E-state index contributed by atoms with van der Waals surface area (Å²) in [6, 6.07) is 10.6. The molecule has 1 amide bonds. The summed E-state index contributed by atoms with van der Waals surface area (Å²) < 4.78 is 5.66. The van der Waals surface area contributed by atoms with Crippen molar-refractivity contribution in [2.45, 2.75) is 32.2 Å². The molecule has 0 fully saturated rings. The van der Waals surface area contributed by atoms with E-state index in [0.29, 0.717) is 5.75 Å². The van der Waals surface area contributed by atoms with Crippen LogP contribution in [0.3, 0.4) is 0 Å². The number of aryl methyl sites for hydroxylation is 2. The summed E-state index contributed by atoms with van der Waals surface area (Å²) in [4.78, 5) is 27.8. The molecule has 3 aromatic rings. The predicted octanol–water partition coefficient (Wildman–Crippen LogP) is 3.07. The summed E-state index contributed by atoms with van der Waals surface area (Å²) >= 11 is 0. The van der Waals surface area contributed by atoms with Crippen LogP contribution in [0, 0.1) is 13.8 Å². The van der Waals surface area contributed by atoms with E-state index in [1.807, 2.05) is 50.2 Å². The molecule has 2 heterocycles. The fourth-order valence-electron chi connectivity index (χ4n) is 3.68. The van der Waals surface area contributed by atoms with E-state index in [-0.39, 0.29) is 18.9 Å². The molecule has 6 heteroatoms. The number of hydrogen-bond acceptors (Lipinski definition) is 3. The highest BCUT2D eigenvalue weighted by atomic mass is 16.5. The lowest BCUT2D eigenvalue weighted by Gasteiger charge is -2.17. The summed E-state index contributed by atoms with van der Waals surface area (Å²) in [6.07, 6.45) is 2.01. The molecular weight excluding hydrogens is 356 g/mol. The number of aromatic nitrogens is 1. The molecule has 0 spiro atoms. The molecule has 0 aliphatic carbocycles. The normalized spacial score (nSPS) is 16.4. The molecule has 2 atom stereocenters. The first-order valence-electron chi connectivity index (χ1n) is 9.26. The molecule has 144 valence electrons. The first-order valence-corrected chi connectivity index (χ1v) is 9.26. The van der Waals surface area contributed by atoms with Crippen LogP contribution in [0.25, 0.3) is 10.9 Å². The number of carbonyl (C=O) groups excluding carboxylic acids is 1. The second-order valence-corrected chi connectivity index (χ2v) is 7.30. The second-order valence-electron chi connectivity index (χ2n) is 7.30. The summed E-state index contributed by atoms with van der Waals surface area (Å²) in [6.45, 7) is 4.21. The Labute approximate surface area is 162 Å². The maximum Gasteiger partial charge on any atom is 0.326 e. The number of carbonyl (C=O) groups is 2. The van der Waals surface area contributed by atoms with E-state index in [4.69, 9.17) is 4.74 Å². The molecule has 6 nitrogen and oxygen atoms in total. The molecule has 1 aromatic heterocycles. The molecule has 0 bridgehead atoms. The molecule has 0 radical (unpaired) electrons. The molecule has 0 saturated heterocycles. The van der Waals surface area contributed by atoms with E-state index in [9.17, 15) is 14.7 Å². The Kier molecular flexibility index (Phi) is 4.55. The van der Waals surface area contributed by atoms with E-state index in [1.165, 1.54) is 0 Å². The number of carboxylic acid groups (broad SMARTS) is 1. The molecule has 1 aliphatic heterocycles. The van der Waals surface area contributed by atoms with Crippen molar-refractivity contribution in [1.29, 1.82) is 0 Å². The van der Waals surface area contributed by atoms with Crippen LogP contribution in [0.2, 0.25) is 0 Å². The Morgan fingerprint density at radius 2 is 2.00 bits per heavy atom. The number of benzene rings is 2. The van der Waals surface area contributed by atoms with Gasteiger partial charge in [-0.1, -0.05) is 24.3 Å². The molecule has 0 saturated carbocycles. The number of ether oxygens (including phenoxy) is 1. The maximum atomic E-state index is 12.8. The summed E-state index contributed by atoms with van der Waals surface area (Å²) in [5, 5.41) is 13.3. The van der Waals surface area contributed by atoms with Crippen LogP contribution in [-0.4, -0.2) is 34.6 Å². The van der Waals surface area contributed by atoms with Gasteiger partial charge in [0.25, 0.3) is 0 Å². The minimum absolute atomic E-state index is 0.207. The van der Waals surface area contributed by atoms with Crippen molar-refractivity contribution < 1.29 is 19.4 Å². The third kappa shape index (κ3) is 3.22. The lowest BCUT2D eigenvalue weighted by atomic mass is 9.95. The van der Waals surface area contributed by atoms with E-state index in [1.54, 1.807) is 6.20 Å². The number of aromatic amines is 1. The zero-order valence-corrected chi connectivity index (χ0v) is 15.8. The number of rotatable bonds is 5. The standard InChI is InChI=1S/C22H22N2O4/c1-12-7-16-17(11-28-20(16)8-13(12)2)21(25)24-19(22(26)27)9-14-10-23-18-6-4-3-5-15(14)18/h3-8,10,17,19,23H,9,11H2,1-2H3,(H,24,25)(H,26,27). The minimum Gasteiger partial charge on any atom is -0.492 e. The van der Waals surface area contributed by atoms with Crippen LogP contribution in [0.15, 0.2) is 42.6 Å². The van der Waals surface area contributed by atoms with Gasteiger partial charge in [0, 0.05) is 29.1 Å². The second kappa shape index (κ2) is 7.03. The zero-order valence-electron chi connectivity index (χ0n) is 15.8. The smallest absolute Gasteiger partial charge is 0.326 e. The third-order valence-corrected chi connectivity index (χ3v) is 5.44. The number of aliphatic carboxylic acids is 1. The van der Waals surface area contributed by atoms with Crippen LogP contribution in [-0.2, 0) is 16.0 Å². The molecule has 28 heavy (non-hydrogen) atoms. The van der Waals surface area contributed by atoms with Gasteiger partial charge in [0.1, 0.15) is 24.3 Å². The Balaban J connectivity index is 1.54. The van der Waals surface area contributed by atoms with Crippen molar-refractivity contribution in [2.75, 3.05) is 6.61 Å². The van der Waals surface area contributed by atoms with Crippen molar-refractivity contribution >= 4 is 22.8 Å². The first kappa shape index (κ1) is 18.1. The number of carboxylic acids is 1. The predicted molar refractivity (Wildman–Crippen MR) is 106 cm³/mol. The van der Waals surface area contributed by atoms with E-state index >= 15 is 0 Å². The highest BCUT2D eigenvalue weighted by Gasteiger charge is 2.33. The largest absolute Gasteiger partial charge is 0.492 e. The fourth-order valence-corrected chi connectivity index (χ4v) is 3.68. The average Bonchev–Trinajstić information content (AvgIpc) is 3.26. The summed E-state index contributed by atoms with van der Waals surface area (Å²) in [7, 11) is 0. The van der Waals surface area contributed by atoms with Gasteiger partial charge in [0.2, 0.25) is 5.91 Å². The Hall–Kier alpha value is -3.28. The van der Waals surface area contributed by atoms with Crippen molar-refractivity contribution in [3.05, 3.63) is 64.8 Å². The van der Waals surface area contributed by atoms with E-state index < -0.39 is 17.9 Å². The first-order chi connectivity index (χ1) is 13.4. The van der Waals surface area contributed by atoms with Gasteiger partial charge in [-0.3, -0.25) is 4.79 Å². The van der Waals surface area contributed by atoms with Crippen LogP contribution >= 0.6 is 0 Å². The van der Waals surface area contributed by atoms with Crippen LogP contribution in [0.1, 0.15) is 28.2 Å². The number of hydrogen-bond donors (Lipinski definition) is 3. The maximum absolute atomic E-state index is 12.8. The topological polar surface area (TPSA) is 91.4 Å². The third-order valence-electron chi connectivity index (χ3n) is 5.44. The molecule has 1 aliphatic rings. The van der Waals surface area contributed by atoms with Crippen LogP contribution in [0.4, 0.5) is 0 Å². The van der Waals surface area contributed by atoms with Crippen molar-refractivity contribution in [2.24, 2.45) is 0 Å². The fraction of sp³-hybridized carbons (Fsp3) is 0.273. The molecule has 2 aromatic carbocycles. The van der Waals surface area contributed by atoms with E-state index in [0.717, 1.165) is 33.2 Å². The Morgan fingerprint density at radius 1 is 1.25 bits per heavy atom. The zero-order chi connectivity index (χ0) is 19.8. The Morgan fingerprint density at radius 3 is 2.79 bits per heavy atom. The van der Waals surface area contributed by atoms with Gasteiger partial charge >= 0.3 is 5.97 Å². The summed E-state index contributed by atoms with van der Waals surface area (Å²) in [5.41, 5.74) is 4.80. The highest BCUT2D eigenvalue weighted by molar-refractivity contribution is 5.90. The van der Waals surface area contributed by atoms with Gasteiger partial charge in [-0.15, -0.1) is 0 Å². The highest BCUT2D eigenvalue weighted by Crippen LogP contribution is 2.36. The molecule has 3 N–H and O–H groups in total. The Bertz CT molecular complexity index is 1070. The van der Waals surface area contributed by atoms with Gasteiger partial charge in [-0.2, -0.15) is 0 Å². The number of amides is 1. The molecular formula is C22H22N2O4. The lowest BCUT2D eigenvalue weighted by Crippen LogP contribution is -2.44. The van der Waals surface area contributed by atoms with Gasteiger partial charge < -0.3 is 20.1 Å². The van der Waals surface area contributed by atoms with Gasteiger partial charge in [0.05, 0.1) is 0 Å².